The van der Waals surface area contributed by atoms with Crippen molar-refractivity contribution in [3.05, 3.63) is 12.7 Å². The van der Waals surface area contributed by atoms with Crippen LogP contribution in [0.25, 0.3) is 11.2 Å². The fraction of sp³-hybridized carbons (Fsp3) is 0.722. The SMILES string of the molecule is NC(CO)(CO)CO.NC(CO)(CO)CO.Nc1ncnc2c1ncn2[C@@H]1O[C@H](COP(=O)(O)OP(=O)(O)OP(=O)(O)O)[C@@H](O)[C@H]1O.O. The van der Waals surface area contributed by atoms with E-state index in [1.54, 1.807) is 0 Å². The monoisotopic (exact) mass is 767 g/mol. The van der Waals surface area contributed by atoms with Crippen LogP contribution in [0.5, 0.6) is 0 Å². The van der Waals surface area contributed by atoms with Crippen molar-refractivity contribution in [2.75, 3.05) is 52.0 Å². The first kappa shape index (κ1) is 46.3. The van der Waals surface area contributed by atoms with Gasteiger partial charge in [-0.25, -0.2) is 28.6 Å². The lowest BCUT2D eigenvalue weighted by Crippen LogP contribution is -2.50. The molecule has 30 heteroatoms. The minimum Gasteiger partial charge on any atom is -0.412 e. The first-order chi connectivity index (χ1) is 21.6. The van der Waals surface area contributed by atoms with Crippen LogP contribution in [0, 0.1) is 0 Å². The predicted octanol–water partition coefficient (Wildman–Crippen LogP) is -7.13. The molecule has 2 aromatic rings. The van der Waals surface area contributed by atoms with Gasteiger partial charge in [0.15, 0.2) is 17.7 Å². The van der Waals surface area contributed by atoms with Crippen molar-refractivity contribution < 1.29 is 97.5 Å². The van der Waals surface area contributed by atoms with Crippen LogP contribution in [0.3, 0.4) is 0 Å². The molecule has 3 heterocycles. The summed E-state index contributed by atoms with van der Waals surface area (Å²) in [6.07, 6.45) is -3.69. The van der Waals surface area contributed by atoms with Crippen molar-refractivity contribution in [3.63, 3.8) is 0 Å². The van der Waals surface area contributed by atoms with Crippen LogP contribution in [0.15, 0.2) is 12.7 Å². The Labute approximate surface area is 269 Å². The normalized spacial score (nSPS) is 22.4. The minimum absolute atomic E-state index is 0. The molecule has 27 nitrogen and oxygen atoms in total. The van der Waals surface area contributed by atoms with E-state index < -0.39 is 105 Å². The minimum atomic E-state index is -5.70. The number of nitrogen functional groups attached to an aromatic ring is 1. The molecule has 1 aliphatic heterocycles. The number of rotatable bonds is 14. The summed E-state index contributed by atoms with van der Waals surface area (Å²) in [7, 11) is -16.7. The van der Waals surface area contributed by atoms with E-state index in [0.29, 0.717) is 0 Å². The van der Waals surface area contributed by atoms with Crippen molar-refractivity contribution in [1.29, 1.82) is 0 Å². The van der Waals surface area contributed by atoms with Crippen molar-refractivity contribution in [2.45, 2.75) is 35.6 Å². The Balaban J connectivity index is 0.00000108. The molecule has 0 bridgehead atoms. The Morgan fingerprint density at radius 1 is 0.792 bits per heavy atom. The molecule has 0 spiro atoms. The average molecular weight is 767 g/mol. The lowest BCUT2D eigenvalue weighted by molar-refractivity contribution is -0.0503. The maximum Gasteiger partial charge on any atom is 0.490 e. The molecule has 282 valence electrons. The lowest BCUT2D eigenvalue weighted by Gasteiger charge is -2.20. The van der Waals surface area contributed by atoms with Crippen molar-refractivity contribution >= 4 is 40.4 Å². The number of anilines is 1. The highest BCUT2D eigenvalue weighted by atomic mass is 31.3. The molecule has 0 saturated carbocycles. The van der Waals surface area contributed by atoms with E-state index in [9.17, 15) is 28.8 Å². The summed E-state index contributed by atoms with van der Waals surface area (Å²) in [5.74, 6) is 0.0426. The zero-order chi connectivity index (χ0) is 36.4. The predicted molar refractivity (Wildman–Crippen MR) is 155 cm³/mol. The molecule has 0 aliphatic carbocycles. The van der Waals surface area contributed by atoms with Crippen LogP contribution in [0.2, 0.25) is 0 Å². The number of aliphatic hydroxyl groups is 8. The highest BCUT2D eigenvalue weighted by molar-refractivity contribution is 7.66. The largest absolute Gasteiger partial charge is 0.490 e. The Morgan fingerprint density at radius 3 is 1.69 bits per heavy atom. The maximum atomic E-state index is 11.8. The highest BCUT2D eigenvalue weighted by Gasteiger charge is 2.47. The number of aromatic nitrogens is 4. The van der Waals surface area contributed by atoms with Crippen LogP contribution in [-0.4, -0.2) is 161 Å². The molecule has 0 amide bonds. The standard InChI is InChI=1S/C10H16N5O13P3.2C4H11NO3.H2O/c11-8-5-9(13-2-12-8)15(3-14-5)10-7(17)6(16)4(26-10)1-25-30(21,22)28-31(23,24)27-29(18,19)20;2*5-4(1-6,2-7)3-8;/h2-4,6-7,10,16-17H,1H2,(H,21,22)(H,23,24)(H2,11,12,13)(H2,18,19,20);2*6-8H,1-3,5H2;1H2/t4-,6-,7-,10-;;;/m1.../s1. The van der Waals surface area contributed by atoms with Gasteiger partial charge in [0.05, 0.1) is 63.7 Å². The molecule has 48 heavy (non-hydrogen) atoms. The summed E-state index contributed by atoms with van der Waals surface area (Å²) in [6, 6.07) is 0. The first-order valence-corrected chi connectivity index (χ1v) is 17.0. The number of aliphatic hydroxyl groups excluding tert-OH is 8. The molecule has 1 aliphatic rings. The number of nitrogens with two attached hydrogens (primary N) is 3. The number of phosphoric acid groups is 3. The van der Waals surface area contributed by atoms with E-state index in [2.05, 4.69) is 28.1 Å². The average Bonchev–Trinajstić information content (AvgIpc) is 3.55. The van der Waals surface area contributed by atoms with E-state index in [-0.39, 0.29) is 22.5 Å². The summed E-state index contributed by atoms with van der Waals surface area (Å²) < 4.78 is 51.9. The maximum absolute atomic E-state index is 11.8. The smallest absolute Gasteiger partial charge is 0.412 e. The van der Waals surface area contributed by atoms with Gasteiger partial charge >= 0.3 is 23.5 Å². The van der Waals surface area contributed by atoms with Gasteiger partial charge in [-0.15, -0.1) is 0 Å². The first-order valence-electron chi connectivity index (χ1n) is 12.5. The van der Waals surface area contributed by atoms with Gasteiger partial charge < -0.3 is 87.8 Å². The fourth-order valence-corrected chi connectivity index (χ4v) is 5.95. The lowest BCUT2D eigenvalue weighted by atomic mass is 10.1. The molecule has 6 atom stereocenters. The third-order valence-corrected chi connectivity index (χ3v) is 9.51. The summed E-state index contributed by atoms with van der Waals surface area (Å²) >= 11 is 0. The van der Waals surface area contributed by atoms with Crippen molar-refractivity contribution in [3.8, 4) is 0 Å². The zero-order valence-electron chi connectivity index (χ0n) is 24.5. The van der Waals surface area contributed by atoms with E-state index in [0.717, 1.165) is 6.33 Å². The van der Waals surface area contributed by atoms with Crippen molar-refractivity contribution in [2.24, 2.45) is 11.5 Å². The molecule has 1 saturated heterocycles. The summed E-state index contributed by atoms with van der Waals surface area (Å²) in [4.78, 5) is 47.2. The Kier molecular flexibility index (Phi) is 18.4. The number of ether oxygens (including phenoxy) is 1. The Bertz CT molecular complexity index is 1370. The Hall–Kier alpha value is -1.72. The van der Waals surface area contributed by atoms with Gasteiger partial charge in [0, 0.05) is 0 Å². The van der Waals surface area contributed by atoms with Crippen molar-refractivity contribution in [1.82, 2.24) is 19.5 Å². The fourth-order valence-electron chi connectivity index (χ4n) is 2.92. The van der Waals surface area contributed by atoms with Gasteiger partial charge in [-0.2, -0.15) is 8.62 Å². The number of fused-ring (bicyclic) bond motifs is 1. The third kappa shape index (κ3) is 13.9. The Morgan fingerprint density at radius 2 is 1.27 bits per heavy atom. The quantitative estimate of drug-likeness (QED) is 0.0794. The molecule has 1 fully saturated rings. The number of imidazole rings is 1. The summed E-state index contributed by atoms with van der Waals surface area (Å²) in [5.41, 5.74) is 13.9. The van der Waals surface area contributed by atoms with Crippen LogP contribution in [-0.2, 0) is 31.6 Å². The van der Waals surface area contributed by atoms with Crippen LogP contribution < -0.4 is 17.2 Å². The van der Waals surface area contributed by atoms with E-state index >= 15 is 0 Å². The zero-order valence-corrected chi connectivity index (χ0v) is 27.2. The van der Waals surface area contributed by atoms with E-state index in [4.69, 9.17) is 67.3 Å². The molecule has 2 unspecified atom stereocenters. The second-order valence-corrected chi connectivity index (χ2v) is 14.1. The third-order valence-electron chi connectivity index (χ3n) is 5.71. The van der Waals surface area contributed by atoms with Gasteiger partial charge in [-0.05, 0) is 0 Å². The van der Waals surface area contributed by atoms with Gasteiger partial charge in [0.1, 0.15) is 30.2 Å². The number of phosphoric ester groups is 1. The molecule has 3 rings (SSSR count). The summed E-state index contributed by atoms with van der Waals surface area (Å²) in [5, 5.41) is 70.5. The van der Waals surface area contributed by atoms with Gasteiger partial charge in [-0.3, -0.25) is 9.09 Å². The van der Waals surface area contributed by atoms with Gasteiger partial charge in [0.25, 0.3) is 0 Å². The molecule has 20 N–H and O–H groups in total. The second-order valence-electron chi connectivity index (χ2n) is 9.69. The molecule has 0 aromatic carbocycles. The van der Waals surface area contributed by atoms with E-state index in [1.807, 2.05) is 0 Å². The van der Waals surface area contributed by atoms with E-state index in [1.165, 1.54) is 10.9 Å². The van der Waals surface area contributed by atoms with Crippen LogP contribution in [0.1, 0.15) is 6.23 Å². The molecule has 2 aromatic heterocycles. The van der Waals surface area contributed by atoms with Crippen LogP contribution >= 0.6 is 23.5 Å². The molecular formula is C18H40N7O20P3. The van der Waals surface area contributed by atoms with Crippen LogP contribution in [0.4, 0.5) is 5.82 Å². The molecular weight excluding hydrogens is 727 g/mol. The van der Waals surface area contributed by atoms with Gasteiger partial charge in [0.2, 0.25) is 0 Å². The van der Waals surface area contributed by atoms with Gasteiger partial charge in [-0.1, -0.05) is 0 Å². The molecule has 0 radical (unpaired) electrons. The highest BCUT2D eigenvalue weighted by Crippen LogP contribution is 2.66. The summed E-state index contributed by atoms with van der Waals surface area (Å²) in [6.45, 7) is -3.37. The number of hydrogen-bond acceptors (Lipinski definition) is 21. The number of hydrogen-bond donors (Lipinski definition) is 15. The number of nitrogens with zero attached hydrogens (tertiary/aromatic N) is 4. The topological polar surface area (TPSA) is 484 Å². The second kappa shape index (κ2) is 19.0.